The fourth-order valence-corrected chi connectivity index (χ4v) is 3.47. The van der Waals surface area contributed by atoms with E-state index >= 15 is 0 Å². The van der Waals surface area contributed by atoms with Gasteiger partial charge in [0.05, 0.1) is 19.2 Å². The highest BCUT2D eigenvalue weighted by Gasteiger charge is 2.18. The lowest BCUT2D eigenvalue weighted by Gasteiger charge is -2.14. The van der Waals surface area contributed by atoms with E-state index in [1.54, 1.807) is 31.2 Å². The number of carbonyl (C=O) groups is 2. The van der Waals surface area contributed by atoms with E-state index in [-0.39, 0.29) is 37.7 Å². The molecular formula is C24H24N2O7. The van der Waals surface area contributed by atoms with Gasteiger partial charge in [0.2, 0.25) is 6.79 Å². The third-order valence-electron chi connectivity index (χ3n) is 5.31. The van der Waals surface area contributed by atoms with E-state index in [2.05, 4.69) is 10.3 Å². The van der Waals surface area contributed by atoms with Crippen LogP contribution < -0.4 is 29.8 Å². The Labute approximate surface area is 189 Å². The molecule has 0 fully saturated rings. The third-order valence-corrected chi connectivity index (χ3v) is 5.31. The number of methoxy groups -OCH3 is 1. The number of hydrogen-bond acceptors (Lipinski definition) is 7. The van der Waals surface area contributed by atoms with Gasteiger partial charge >= 0.3 is 0 Å². The number of rotatable bonds is 9. The van der Waals surface area contributed by atoms with Crippen LogP contribution in [0.2, 0.25) is 0 Å². The molecule has 9 heteroatoms. The molecule has 2 heterocycles. The number of pyridine rings is 1. The summed E-state index contributed by atoms with van der Waals surface area (Å²) in [6.07, 6.45) is 0.679. The summed E-state index contributed by atoms with van der Waals surface area (Å²) in [4.78, 5) is 39.8. The number of amides is 1. The fraction of sp³-hybridized carbons (Fsp3) is 0.292. The van der Waals surface area contributed by atoms with Gasteiger partial charge in [-0.05, 0) is 35.9 Å². The first-order valence-corrected chi connectivity index (χ1v) is 10.6. The van der Waals surface area contributed by atoms with Crippen molar-refractivity contribution in [2.45, 2.75) is 26.3 Å². The van der Waals surface area contributed by atoms with E-state index in [9.17, 15) is 14.4 Å². The van der Waals surface area contributed by atoms with E-state index in [0.717, 1.165) is 5.56 Å². The van der Waals surface area contributed by atoms with Gasteiger partial charge in [-0.15, -0.1) is 0 Å². The summed E-state index contributed by atoms with van der Waals surface area (Å²) in [6, 6.07) is 10.3. The minimum atomic E-state index is -0.562. The number of ketones is 1. The maximum absolute atomic E-state index is 12.7. The van der Waals surface area contributed by atoms with Gasteiger partial charge in [-0.2, -0.15) is 0 Å². The van der Waals surface area contributed by atoms with E-state index in [1.807, 2.05) is 6.07 Å². The lowest BCUT2D eigenvalue weighted by molar-refractivity contribution is -0.119. The summed E-state index contributed by atoms with van der Waals surface area (Å²) in [6.45, 7) is 2.33. The molecule has 1 amide bonds. The highest BCUT2D eigenvalue weighted by atomic mass is 16.7. The van der Waals surface area contributed by atoms with Crippen LogP contribution in [0.3, 0.4) is 0 Å². The quantitative estimate of drug-likeness (QED) is 0.513. The second-order valence-corrected chi connectivity index (χ2v) is 7.43. The average molecular weight is 452 g/mol. The molecule has 1 aliphatic heterocycles. The Balaban J connectivity index is 1.54. The molecule has 3 aromatic rings. The zero-order valence-electron chi connectivity index (χ0n) is 18.4. The normalized spacial score (nSPS) is 11.9. The van der Waals surface area contributed by atoms with Crippen LogP contribution in [0.25, 0.3) is 10.9 Å². The molecule has 0 saturated heterocycles. The van der Waals surface area contributed by atoms with E-state index in [4.69, 9.17) is 18.9 Å². The molecule has 4 rings (SSSR count). The van der Waals surface area contributed by atoms with Crippen LogP contribution in [0, 0.1) is 0 Å². The molecule has 0 atom stereocenters. The number of ether oxygens (including phenoxy) is 4. The summed E-state index contributed by atoms with van der Waals surface area (Å²) >= 11 is 0. The van der Waals surface area contributed by atoms with Crippen molar-refractivity contribution in [1.29, 1.82) is 0 Å². The molecule has 0 aliphatic carbocycles. The summed E-state index contributed by atoms with van der Waals surface area (Å²) in [5, 5.41) is 3.35. The molecule has 9 nitrogen and oxygen atoms in total. The van der Waals surface area contributed by atoms with Gasteiger partial charge in [0, 0.05) is 24.8 Å². The molecule has 0 spiro atoms. The molecule has 1 aromatic heterocycles. The topological polar surface area (TPSA) is 116 Å². The van der Waals surface area contributed by atoms with E-state index in [1.165, 1.54) is 13.2 Å². The van der Waals surface area contributed by atoms with Crippen molar-refractivity contribution < 1.29 is 28.5 Å². The van der Waals surface area contributed by atoms with Gasteiger partial charge in [-0.25, -0.2) is 0 Å². The Hall–Kier alpha value is -4.01. The number of aromatic nitrogens is 1. The Bertz CT molecular complexity index is 1270. The number of nitrogens with one attached hydrogen (secondary N) is 2. The van der Waals surface area contributed by atoms with E-state index < -0.39 is 11.5 Å². The average Bonchev–Trinajstić information content (AvgIpc) is 3.30. The van der Waals surface area contributed by atoms with Crippen molar-refractivity contribution in [2.24, 2.45) is 0 Å². The van der Waals surface area contributed by atoms with Crippen molar-refractivity contribution in [3.8, 4) is 23.0 Å². The van der Waals surface area contributed by atoms with Gasteiger partial charge in [0.1, 0.15) is 11.3 Å². The minimum Gasteiger partial charge on any atom is -0.493 e. The Morgan fingerprint density at radius 3 is 2.73 bits per heavy atom. The van der Waals surface area contributed by atoms with Crippen molar-refractivity contribution in [2.75, 3.05) is 20.5 Å². The van der Waals surface area contributed by atoms with Crippen LogP contribution >= 0.6 is 0 Å². The van der Waals surface area contributed by atoms with Crippen molar-refractivity contribution in [3.05, 3.63) is 57.9 Å². The number of Topliss-reactive ketones (excluding diaryl/α,β-unsaturated/α-hetero) is 1. The Kier molecular flexibility index (Phi) is 6.48. The zero-order chi connectivity index (χ0) is 23.4. The standard InChI is InChI=1S/C24H24N2O7/c1-3-16(27)8-9-31-22-19(30-2)7-5-15-11-17(24(29)26-21(15)22)23(28)25-12-14-4-6-18-20(10-14)33-13-32-18/h4-7,10-11H,3,8-9,12-13H2,1-2H3,(H,25,28)(H,26,29). The number of benzene rings is 2. The maximum Gasteiger partial charge on any atom is 0.261 e. The molecule has 0 unspecified atom stereocenters. The second kappa shape index (κ2) is 9.64. The van der Waals surface area contributed by atoms with Gasteiger partial charge < -0.3 is 29.2 Å². The predicted molar refractivity (Wildman–Crippen MR) is 120 cm³/mol. The lowest BCUT2D eigenvalue weighted by Crippen LogP contribution is -2.29. The van der Waals surface area contributed by atoms with Gasteiger partial charge in [-0.3, -0.25) is 14.4 Å². The first-order valence-electron chi connectivity index (χ1n) is 10.6. The molecule has 0 radical (unpaired) electrons. The molecular weight excluding hydrogens is 428 g/mol. The van der Waals surface area contributed by atoms with Crippen molar-refractivity contribution >= 4 is 22.6 Å². The summed E-state index contributed by atoms with van der Waals surface area (Å²) in [5.74, 6) is 1.58. The second-order valence-electron chi connectivity index (χ2n) is 7.43. The summed E-state index contributed by atoms with van der Waals surface area (Å²) in [7, 11) is 1.49. The van der Waals surface area contributed by atoms with Crippen LogP contribution in [-0.2, 0) is 11.3 Å². The van der Waals surface area contributed by atoms with Gasteiger partial charge in [0.25, 0.3) is 11.5 Å². The monoisotopic (exact) mass is 452 g/mol. The number of aromatic amines is 1. The number of H-pyrrole nitrogens is 1. The Morgan fingerprint density at radius 2 is 1.94 bits per heavy atom. The van der Waals surface area contributed by atoms with Crippen LogP contribution in [0.15, 0.2) is 41.2 Å². The highest BCUT2D eigenvalue weighted by Crippen LogP contribution is 2.34. The van der Waals surface area contributed by atoms with Gasteiger partial charge in [0.15, 0.2) is 23.0 Å². The van der Waals surface area contributed by atoms with Crippen LogP contribution in [0.4, 0.5) is 0 Å². The molecule has 172 valence electrons. The van der Waals surface area contributed by atoms with Crippen molar-refractivity contribution in [1.82, 2.24) is 10.3 Å². The van der Waals surface area contributed by atoms with Crippen LogP contribution in [0.1, 0.15) is 35.7 Å². The fourth-order valence-electron chi connectivity index (χ4n) is 3.47. The molecule has 2 N–H and O–H groups in total. The highest BCUT2D eigenvalue weighted by molar-refractivity contribution is 5.98. The SMILES string of the molecule is CCC(=O)CCOc1c(OC)ccc2cc(C(=O)NCc3ccc4c(c3)OCO4)c(=O)[nH]c12. The minimum absolute atomic E-state index is 0.0273. The molecule has 1 aliphatic rings. The number of hydrogen-bond donors (Lipinski definition) is 2. The zero-order valence-corrected chi connectivity index (χ0v) is 18.4. The van der Waals surface area contributed by atoms with Crippen LogP contribution in [0.5, 0.6) is 23.0 Å². The third kappa shape index (κ3) is 4.77. The van der Waals surface area contributed by atoms with Crippen molar-refractivity contribution in [3.63, 3.8) is 0 Å². The van der Waals surface area contributed by atoms with Gasteiger partial charge in [-0.1, -0.05) is 13.0 Å². The summed E-state index contributed by atoms with van der Waals surface area (Å²) in [5.41, 5.74) is 0.622. The largest absolute Gasteiger partial charge is 0.493 e. The predicted octanol–water partition coefficient (Wildman–Crippen LogP) is 2.94. The lowest BCUT2D eigenvalue weighted by atomic mass is 10.1. The number of carbonyl (C=O) groups excluding carboxylic acids is 2. The first kappa shape index (κ1) is 22.2. The summed E-state index contributed by atoms with van der Waals surface area (Å²) < 4.78 is 21.7. The molecule has 0 saturated carbocycles. The van der Waals surface area contributed by atoms with E-state index in [0.29, 0.717) is 40.3 Å². The first-order chi connectivity index (χ1) is 16.0. The number of fused-ring (bicyclic) bond motifs is 2. The molecule has 0 bridgehead atoms. The molecule has 2 aromatic carbocycles. The van der Waals surface area contributed by atoms with Crippen LogP contribution in [-0.4, -0.2) is 37.2 Å². The maximum atomic E-state index is 12.7. The molecule has 33 heavy (non-hydrogen) atoms. The Morgan fingerprint density at radius 1 is 1.12 bits per heavy atom. The smallest absolute Gasteiger partial charge is 0.261 e.